The van der Waals surface area contributed by atoms with E-state index in [4.69, 9.17) is 10.5 Å². The largest absolute Gasteiger partial charge is 0.384 e. The van der Waals surface area contributed by atoms with Gasteiger partial charge in [-0.2, -0.15) is 0 Å². The van der Waals surface area contributed by atoms with Crippen LogP contribution in [0, 0.1) is 11.8 Å². The van der Waals surface area contributed by atoms with Crippen molar-refractivity contribution in [2.75, 3.05) is 33.4 Å². The first-order valence-electron chi connectivity index (χ1n) is 7.62. The summed E-state index contributed by atoms with van der Waals surface area (Å²) in [5.74, 6) is 1.64. The van der Waals surface area contributed by atoms with Crippen LogP contribution in [0.25, 0.3) is 0 Å². The van der Waals surface area contributed by atoms with Gasteiger partial charge in [-0.15, -0.1) is 0 Å². The molecule has 2 unspecified atom stereocenters. The summed E-state index contributed by atoms with van der Waals surface area (Å²) < 4.78 is 5.33. The number of hydrogen-bond acceptors (Lipinski definition) is 3. The summed E-state index contributed by atoms with van der Waals surface area (Å²) in [5.41, 5.74) is 6.33. The summed E-state index contributed by atoms with van der Waals surface area (Å²) in [6.07, 6.45) is 8.18. The van der Waals surface area contributed by atoms with Gasteiger partial charge in [-0.05, 0) is 44.6 Å². The molecule has 1 saturated carbocycles. The molecule has 0 bridgehead atoms. The quantitative estimate of drug-likeness (QED) is 0.790. The molecule has 1 aliphatic heterocycles. The molecule has 1 aliphatic carbocycles. The summed E-state index contributed by atoms with van der Waals surface area (Å²) in [6, 6.07) is 0. The first-order chi connectivity index (χ1) is 8.68. The third-order valence-electron chi connectivity index (χ3n) is 5.08. The number of nitrogens with two attached hydrogens (primary N) is 1. The molecule has 2 fully saturated rings. The van der Waals surface area contributed by atoms with Crippen molar-refractivity contribution in [3.05, 3.63) is 0 Å². The Balaban J connectivity index is 1.92. The lowest BCUT2D eigenvalue weighted by Gasteiger charge is -2.47. The van der Waals surface area contributed by atoms with Gasteiger partial charge in [0.2, 0.25) is 0 Å². The highest BCUT2D eigenvalue weighted by atomic mass is 16.5. The van der Waals surface area contributed by atoms with E-state index in [0.29, 0.717) is 5.92 Å². The average molecular weight is 254 g/mol. The Labute approximate surface area is 112 Å². The van der Waals surface area contributed by atoms with E-state index in [-0.39, 0.29) is 5.54 Å². The normalized spacial score (nSPS) is 29.8. The lowest BCUT2D eigenvalue weighted by molar-refractivity contribution is 0.0117. The van der Waals surface area contributed by atoms with Gasteiger partial charge in [-0.3, -0.25) is 4.90 Å². The molecule has 18 heavy (non-hydrogen) atoms. The van der Waals surface area contributed by atoms with Gasteiger partial charge >= 0.3 is 0 Å². The molecule has 3 nitrogen and oxygen atoms in total. The van der Waals surface area contributed by atoms with Crippen LogP contribution in [-0.2, 0) is 4.74 Å². The number of methoxy groups -OCH3 is 1. The number of ether oxygens (including phenoxy) is 1. The van der Waals surface area contributed by atoms with Crippen molar-refractivity contribution in [1.82, 2.24) is 4.90 Å². The number of hydrogen-bond donors (Lipinski definition) is 1. The Hall–Kier alpha value is -0.120. The zero-order chi connectivity index (χ0) is 13.0. The standard InChI is InChI=1S/C15H30N2O/c1-15(12-16,9-13-5-3-6-13)17-8-4-7-14(10-17)11-18-2/h13-14H,3-12,16H2,1-2H3. The van der Waals surface area contributed by atoms with E-state index in [2.05, 4.69) is 11.8 Å². The van der Waals surface area contributed by atoms with Gasteiger partial charge in [0.1, 0.15) is 0 Å². The van der Waals surface area contributed by atoms with Crippen molar-refractivity contribution >= 4 is 0 Å². The molecule has 3 heteroatoms. The van der Waals surface area contributed by atoms with Crippen molar-refractivity contribution in [2.45, 2.75) is 51.0 Å². The Bertz CT molecular complexity index is 253. The molecular formula is C15H30N2O. The van der Waals surface area contributed by atoms with Crippen LogP contribution < -0.4 is 5.73 Å². The summed E-state index contributed by atoms with van der Waals surface area (Å²) in [7, 11) is 1.81. The highest BCUT2D eigenvalue weighted by molar-refractivity contribution is 4.93. The molecule has 0 aromatic carbocycles. The smallest absolute Gasteiger partial charge is 0.0502 e. The van der Waals surface area contributed by atoms with Gasteiger partial charge in [0.05, 0.1) is 6.61 Å². The van der Waals surface area contributed by atoms with Gasteiger partial charge < -0.3 is 10.5 Å². The Morgan fingerprint density at radius 3 is 2.50 bits per heavy atom. The van der Waals surface area contributed by atoms with Crippen LogP contribution >= 0.6 is 0 Å². The molecule has 0 spiro atoms. The number of rotatable bonds is 6. The van der Waals surface area contributed by atoms with E-state index < -0.39 is 0 Å². The second-order valence-corrected chi connectivity index (χ2v) is 6.61. The van der Waals surface area contributed by atoms with Gasteiger partial charge in [-0.25, -0.2) is 0 Å². The Kier molecular flexibility index (Phi) is 5.05. The third kappa shape index (κ3) is 3.25. The van der Waals surface area contributed by atoms with E-state index in [9.17, 15) is 0 Å². The van der Waals surface area contributed by atoms with E-state index in [1.165, 1.54) is 51.6 Å². The topological polar surface area (TPSA) is 38.5 Å². The molecule has 0 radical (unpaired) electrons. The summed E-state index contributed by atoms with van der Waals surface area (Å²) >= 11 is 0. The van der Waals surface area contributed by atoms with Crippen molar-refractivity contribution in [3.63, 3.8) is 0 Å². The van der Waals surface area contributed by atoms with Crippen molar-refractivity contribution < 1.29 is 4.74 Å². The maximum atomic E-state index is 6.11. The number of nitrogens with zero attached hydrogens (tertiary/aromatic N) is 1. The highest BCUT2D eigenvalue weighted by Gasteiger charge is 2.37. The number of likely N-dealkylation sites (tertiary alicyclic amines) is 1. The molecule has 106 valence electrons. The van der Waals surface area contributed by atoms with Crippen LogP contribution in [0.3, 0.4) is 0 Å². The third-order valence-corrected chi connectivity index (χ3v) is 5.08. The maximum Gasteiger partial charge on any atom is 0.0502 e. The van der Waals surface area contributed by atoms with Crippen LogP contribution in [0.15, 0.2) is 0 Å². The SMILES string of the molecule is COCC1CCCN(C(C)(CN)CC2CCC2)C1. The summed E-state index contributed by atoms with van der Waals surface area (Å²) in [5, 5.41) is 0. The van der Waals surface area contributed by atoms with E-state index >= 15 is 0 Å². The molecule has 1 saturated heterocycles. The molecule has 1 heterocycles. The molecule has 2 atom stereocenters. The first-order valence-corrected chi connectivity index (χ1v) is 7.62. The van der Waals surface area contributed by atoms with Crippen LogP contribution in [0.2, 0.25) is 0 Å². The predicted molar refractivity (Wildman–Crippen MR) is 75.6 cm³/mol. The zero-order valence-corrected chi connectivity index (χ0v) is 12.2. The Morgan fingerprint density at radius 2 is 1.94 bits per heavy atom. The minimum Gasteiger partial charge on any atom is -0.384 e. The fraction of sp³-hybridized carbons (Fsp3) is 1.00. The fourth-order valence-corrected chi connectivity index (χ4v) is 3.59. The van der Waals surface area contributed by atoms with Crippen LogP contribution in [-0.4, -0.2) is 43.8 Å². The molecule has 0 aromatic rings. The molecule has 0 amide bonds. The second-order valence-electron chi connectivity index (χ2n) is 6.61. The average Bonchev–Trinajstić information content (AvgIpc) is 2.34. The van der Waals surface area contributed by atoms with Gasteiger partial charge in [0.25, 0.3) is 0 Å². The van der Waals surface area contributed by atoms with Gasteiger partial charge in [-0.1, -0.05) is 19.3 Å². The zero-order valence-electron chi connectivity index (χ0n) is 12.2. The maximum absolute atomic E-state index is 6.11. The lowest BCUT2D eigenvalue weighted by atomic mass is 9.75. The molecule has 2 N–H and O–H groups in total. The lowest BCUT2D eigenvalue weighted by Crippen LogP contribution is -2.56. The van der Waals surface area contributed by atoms with E-state index in [1.807, 2.05) is 7.11 Å². The Morgan fingerprint density at radius 1 is 1.22 bits per heavy atom. The van der Waals surface area contributed by atoms with Crippen molar-refractivity contribution in [2.24, 2.45) is 17.6 Å². The molecular weight excluding hydrogens is 224 g/mol. The van der Waals surface area contributed by atoms with Crippen molar-refractivity contribution in [3.8, 4) is 0 Å². The van der Waals surface area contributed by atoms with Crippen LogP contribution in [0.1, 0.15) is 45.4 Å². The molecule has 2 aliphatic rings. The summed E-state index contributed by atoms with van der Waals surface area (Å²) in [6.45, 7) is 6.47. The molecule has 2 rings (SSSR count). The minimum absolute atomic E-state index is 0.220. The van der Waals surface area contributed by atoms with Crippen LogP contribution in [0.5, 0.6) is 0 Å². The van der Waals surface area contributed by atoms with Gasteiger partial charge in [0, 0.05) is 25.7 Å². The van der Waals surface area contributed by atoms with E-state index in [1.54, 1.807) is 0 Å². The predicted octanol–water partition coefficient (Wildman–Crippen LogP) is 2.25. The van der Waals surface area contributed by atoms with Crippen LogP contribution in [0.4, 0.5) is 0 Å². The highest BCUT2D eigenvalue weighted by Crippen LogP contribution is 2.37. The van der Waals surface area contributed by atoms with E-state index in [0.717, 1.165) is 19.1 Å². The second kappa shape index (κ2) is 6.36. The fourth-order valence-electron chi connectivity index (χ4n) is 3.59. The monoisotopic (exact) mass is 254 g/mol. The summed E-state index contributed by atoms with van der Waals surface area (Å²) in [4.78, 5) is 2.65. The molecule has 0 aromatic heterocycles. The number of piperidine rings is 1. The minimum atomic E-state index is 0.220. The first kappa shape index (κ1) is 14.3. The van der Waals surface area contributed by atoms with Crippen molar-refractivity contribution in [1.29, 1.82) is 0 Å². The van der Waals surface area contributed by atoms with Gasteiger partial charge in [0.15, 0.2) is 0 Å².